The zero-order chi connectivity index (χ0) is 14.8. The number of nitrogens with zero attached hydrogens (tertiary/aromatic N) is 1. The molecule has 1 amide bonds. The molecule has 2 unspecified atom stereocenters. The lowest BCUT2D eigenvalue weighted by atomic mass is 9.90. The molecule has 1 aliphatic carbocycles. The molecule has 1 aliphatic heterocycles. The Balaban J connectivity index is 1.83. The molecule has 0 spiro atoms. The van der Waals surface area contributed by atoms with Crippen LogP contribution in [0.1, 0.15) is 57.2 Å². The summed E-state index contributed by atoms with van der Waals surface area (Å²) in [5.41, 5.74) is 0.856. The topological polar surface area (TPSA) is 32.3 Å². The van der Waals surface area contributed by atoms with E-state index >= 15 is 0 Å². The van der Waals surface area contributed by atoms with Crippen molar-refractivity contribution in [3.8, 4) is 0 Å². The maximum atomic E-state index is 13.5. The molecule has 3 nitrogen and oxygen atoms in total. The molecule has 3 rings (SSSR count). The number of nitrogens with one attached hydrogen (secondary N) is 1. The number of hydrogen-bond donors (Lipinski definition) is 1. The van der Waals surface area contributed by atoms with E-state index in [2.05, 4.69) is 12.2 Å². The highest BCUT2D eigenvalue weighted by atomic mass is 19.1. The van der Waals surface area contributed by atoms with Crippen LogP contribution < -0.4 is 5.32 Å². The van der Waals surface area contributed by atoms with Crippen LogP contribution in [0.4, 0.5) is 4.39 Å². The lowest BCUT2D eigenvalue weighted by Crippen LogP contribution is -2.44. The summed E-state index contributed by atoms with van der Waals surface area (Å²) < 4.78 is 13.5. The Bertz CT molecular complexity index is 515. The van der Waals surface area contributed by atoms with Crippen molar-refractivity contribution in [3.63, 3.8) is 0 Å². The molecular formula is C17H23FN2O. The van der Waals surface area contributed by atoms with E-state index < -0.39 is 0 Å². The third-order valence-electron chi connectivity index (χ3n) is 4.67. The van der Waals surface area contributed by atoms with Crippen LogP contribution in [-0.4, -0.2) is 22.9 Å². The van der Waals surface area contributed by atoms with E-state index in [-0.39, 0.29) is 23.9 Å². The van der Waals surface area contributed by atoms with Crippen molar-refractivity contribution in [3.05, 3.63) is 35.6 Å². The number of carbonyl (C=O) groups excluding carboxylic acids is 1. The molecule has 2 atom stereocenters. The van der Waals surface area contributed by atoms with E-state index in [1.807, 2.05) is 11.0 Å². The smallest absolute Gasteiger partial charge is 0.241 e. The largest absolute Gasteiger partial charge is 0.319 e. The fourth-order valence-corrected chi connectivity index (χ4v) is 3.25. The van der Waals surface area contributed by atoms with Crippen LogP contribution in [0, 0.1) is 5.82 Å². The van der Waals surface area contributed by atoms with Gasteiger partial charge in [-0.25, -0.2) is 4.39 Å². The average Bonchev–Trinajstić information content (AvgIpc) is 2.73. The Kier molecular flexibility index (Phi) is 4.24. The quantitative estimate of drug-likeness (QED) is 0.901. The van der Waals surface area contributed by atoms with E-state index in [0.717, 1.165) is 37.7 Å². The van der Waals surface area contributed by atoms with Crippen molar-refractivity contribution >= 4 is 5.91 Å². The van der Waals surface area contributed by atoms with Gasteiger partial charge in [0.15, 0.2) is 0 Å². The first kappa shape index (κ1) is 14.5. The number of rotatable bonds is 5. The van der Waals surface area contributed by atoms with Gasteiger partial charge in [-0.15, -0.1) is 0 Å². The molecule has 0 aromatic heterocycles. The van der Waals surface area contributed by atoms with Crippen molar-refractivity contribution in [2.24, 2.45) is 0 Å². The van der Waals surface area contributed by atoms with Crippen molar-refractivity contribution < 1.29 is 9.18 Å². The summed E-state index contributed by atoms with van der Waals surface area (Å²) >= 11 is 0. The highest BCUT2D eigenvalue weighted by Crippen LogP contribution is 2.36. The first-order valence-electron chi connectivity index (χ1n) is 8.04. The summed E-state index contributed by atoms with van der Waals surface area (Å²) in [6.45, 7) is 2.13. The van der Waals surface area contributed by atoms with E-state index in [9.17, 15) is 9.18 Å². The molecule has 1 saturated heterocycles. The molecule has 0 radical (unpaired) electrons. The highest BCUT2D eigenvalue weighted by molar-refractivity contribution is 5.85. The molecule has 1 N–H and O–H groups in total. The molecule has 4 heteroatoms. The predicted octanol–water partition coefficient (Wildman–Crippen LogP) is 3.37. The Labute approximate surface area is 125 Å². The van der Waals surface area contributed by atoms with Crippen molar-refractivity contribution in [1.82, 2.24) is 10.2 Å². The van der Waals surface area contributed by atoms with E-state index in [0.29, 0.717) is 6.04 Å². The maximum absolute atomic E-state index is 13.5. The zero-order valence-electron chi connectivity index (χ0n) is 12.5. The molecule has 0 bridgehead atoms. The highest BCUT2D eigenvalue weighted by Gasteiger charge is 2.44. The standard InChI is InChI=1S/C17H23FN2O/c1-2-3-10-15-17(21)20(14-8-5-9-14)16(19-15)12-6-4-7-13(18)11-12/h4,6-7,11,14-16,19H,2-3,5,8-10H2,1H3. The van der Waals surface area contributed by atoms with Crippen LogP contribution in [0.2, 0.25) is 0 Å². The third-order valence-corrected chi connectivity index (χ3v) is 4.67. The van der Waals surface area contributed by atoms with Gasteiger partial charge in [0.05, 0.1) is 6.04 Å². The Morgan fingerprint density at radius 2 is 2.19 bits per heavy atom. The molecule has 1 aromatic carbocycles. The molecule has 21 heavy (non-hydrogen) atoms. The number of halogens is 1. The summed E-state index contributed by atoms with van der Waals surface area (Å²) in [7, 11) is 0. The van der Waals surface area contributed by atoms with E-state index in [1.165, 1.54) is 12.5 Å². The van der Waals surface area contributed by atoms with Crippen molar-refractivity contribution in [1.29, 1.82) is 0 Å². The molecule has 1 saturated carbocycles. The lowest BCUT2D eigenvalue weighted by Gasteiger charge is -2.38. The second-order valence-electron chi connectivity index (χ2n) is 6.15. The summed E-state index contributed by atoms with van der Waals surface area (Å²) in [5, 5.41) is 3.43. The van der Waals surface area contributed by atoms with Gasteiger partial charge in [-0.3, -0.25) is 10.1 Å². The second-order valence-corrected chi connectivity index (χ2v) is 6.15. The molecule has 1 aromatic rings. The van der Waals surface area contributed by atoms with Gasteiger partial charge in [0, 0.05) is 6.04 Å². The number of unbranched alkanes of at least 4 members (excludes halogenated alkanes) is 1. The van der Waals surface area contributed by atoms with Gasteiger partial charge in [-0.1, -0.05) is 31.9 Å². The summed E-state index contributed by atoms with van der Waals surface area (Å²) in [4.78, 5) is 14.7. The number of benzene rings is 1. The third kappa shape index (κ3) is 2.82. The lowest BCUT2D eigenvalue weighted by molar-refractivity contribution is -0.134. The monoisotopic (exact) mass is 290 g/mol. The van der Waals surface area contributed by atoms with Crippen molar-refractivity contribution in [2.45, 2.75) is 63.7 Å². The predicted molar refractivity (Wildman–Crippen MR) is 80.1 cm³/mol. The van der Waals surface area contributed by atoms with Gasteiger partial charge in [-0.05, 0) is 43.4 Å². The first-order chi connectivity index (χ1) is 10.2. The SMILES string of the molecule is CCCCC1NC(c2cccc(F)c2)N(C2CCC2)C1=O. The van der Waals surface area contributed by atoms with Crippen LogP contribution in [0.3, 0.4) is 0 Å². The maximum Gasteiger partial charge on any atom is 0.241 e. The molecule has 114 valence electrons. The number of hydrogen-bond acceptors (Lipinski definition) is 2. The molecule has 2 aliphatic rings. The van der Waals surface area contributed by atoms with Crippen LogP contribution in [-0.2, 0) is 4.79 Å². The molecule has 2 fully saturated rings. The van der Waals surface area contributed by atoms with Gasteiger partial charge in [0.25, 0.3) is 0 Å². The molecular weight excluding hydrogens is 267 g/mol. The van der Waals surface area contributed by atoms with E-state index in [1.54, 1.807) is 12.1 Å². The van der Waals surface area contributed by atoms with Crippen LogP contribution >= 0.6 is 0 Å². The van der Waals surface area contributed by atoms with Crippen molar-refractivity contribution in [2.75, 3.05) is 0 Å². The fourth-order valence-electron chi connectivity index (χ4n) is 3.25. The zero-order valence-corrected chi connectivity index (χ0v) is 12.5. The molecule has 1 heterocycles. The van der Waals surface area contributed by atoms with Crippen LogP contribution in [0.25, 0.3) is 0 Å². The summed E-state index contributed by atoms with van der Waals surface area (Å²) in [6, 6.07) is 6.82. The number of amides is 1. The Morgan fingerprint density at radius 1 is 1.38 bits per heavy atom. The normalized spacial score (nSPS) is 26.2. The Hall–Kier alpha value is -1.42. The second kappa shape index (κ2) is 6.14. The van der Waals surface area contributed by atoms with Gasteiger partial charge < -0.3 is 4.90 Å². The average molecular weight is 290 g/mol. The van der Waals surface area contributed by atoms with Gasteiger partial charge >= 0.3 is 0 Å². The number of carbonyl (C=O) groups is 1. The Morgan fingerprint density at radius 3 is 2.81 bits per heavy atom. The first-order valence-corrected chi connectivity index (χ1v) is 8.04. The van der Waals surface area contributed by atoms with Gasteiger partial charge in [-0.2, -0.15) is 0 Å². The summed E-state index contributed by atoms with van der Waals surface area (Å²) in [6.07, 6.45) is 6.14. The van der Waals surface area contributed by atoms with E-state index in [4.69, 9.17) is 0 Å². The minimum Gasteiger partial charge on any atom is -0.319 e. The van der Waals surface area contributed by atoms with Crippen LogP contribution in [0.5, 0.6) is 0 Å². The fraction of sp³-hybridized carbons (Fsp3) is 0.588. The van der Waals surface area contributed by atoms with Gasteiger partial charge in [0.2, 0.25) is 5.91 Å². The minimum atomic E-state index is -0.243. The van der Waals surface area contributed by atoms with Crippen LogP contribution in [0.15, 0.2) is 24.3 Å². The van der Waals surface area contributed by atoms with Gasteiger partial charge in [0.1, 0.15) is 12.0 Å². The minimum absolute atomic E-state index is 0.112. The summed E-state index contributed by atoms with van der Waals surface area (Å²) in [5.74, 6) is -0.0465.